The Morgan fingerprint density at radius 2 is 1.70 bits per heavy atom. The van der Waals surface area contributed by atoms with Gasteiger partial charge in [-0.3, -0.25) is 18.7 Å². The molecule has 3 aromatic rings. The first-order chi connectivity index (χ1) is 14.0. The number of hydrogen-bond acceptors (Lipinski definition) is 4. The van der Waals surface area contributed by atoms with Crippen LogP contribution in [0.2, 0.25) is 0 Å². The molecule has 0 atom stereocenters. The molecule has 0 radical (unpaired) electrons. The number of benzene rings is 1. The summed E-state index contributed by atoms with van der Waals surface area (Å²) in [5, 5.41) is 2.56. The van der Waals surface area contributed by atoms with E-state index in [1.165, 1.54) is 47.5 Å². The highest BCUT2D eigenvalue weighted by molar-refractivity contribution is 5.91. The van der Waals surface area contributed by atoms with Crippen molar-refractivity contribution in [3.05, 3.63) is 68.1 Å². The number of nitrogens with one attached hydrogen (secondary N) is 1. The van der Waals surface area contributed by atoms with Gasteiger partial charge in [0.1, 0.15) is 5.82 Å². The molecular weight excluding hydrogens is 403 g/mol. The van der Waals surface area contributed by atoms with Crippen LogP contribution in [0.15, 0.2) is 39.9 Å². The fourth-order valence-corrected chi connectivity index (χ4v) is 2.89. The van der Waals surface area contributed by atoms with Crippen LogP contribution in [0.1, 0.15) is 17.0 Å². The van der Waals surface area contributed by atoms with Gasteiger partial charge in [0, 0.05) is 33.8 Å². The number of alkyl halides is 3. The van der Waals surface area contributed by atoms with Gasteiger partial charge in [0.25, 0.3) is 5.56 Å². The Morgan fingerprint density at radius 1 is 1.07 bits per heavy atom. The Bertz CT molecular complexity index is 1260. The molecule has 0 unspecified atom stereocenters. The third-order valence-electron chi connectivity index (χ3n) is 4.64. The second kappa shape index (κ2) is 7.65. The second-order valence-corrected chi connectivity index (χ2v) is 6.65. The van der Waals surface area contributed by atoms with Gasteiger partial charge >= 0.3 is 11.9 Å². The first kappa shape index (κ1) is 21.1. The summed E-state index contributed by atoms with van der Waals surface area (Å²) in [7, 11) is 4.43. The van der Waals surface area contributed by atoms with Crippen molar-refractivity contribution in [2.24, 2.45) is 21.1 Å². The predicted octanol–water partition coefficient (Wildman–Crippen LogP) is 1.32. The van der Waals surface area contributed by atoms with Crippen LogP contribution in [0.4, 0.5) is 13.2 Å². The topological polar surface area (TPSA) is 90.9 Å². The van der Waals surface area contributed by atoms with Crippen molar-refractivity contribution >= 4 is 23.1 Å². The molecule has 11 heteroatoms. The largest absolute Gasteiger partial charge is 0.416 e. The van der Waals surface area contributed by atoms with E-state index in [9.17, 15) is 27.6 Å². The third kappa shape index (κ3) is 3.91. The van der Waals surface area contributed by atoms with Crippen LogP contribution in [0.3, 0.4) is 0 Å². The zero-order valence-electron chi connectivity index (χ0n) is 16.3. The van der Waals surface area contributed by atoms with E-state index < -0.39 is 28.9 Å². The van der Waals surface area contributed by atoms with Crippen LogP contribution in [0.5, 0.6) is 0 Å². The van der Waals surface area contributed by atoms with Crippen molar-refractivity contribution in [1.29, 1.82) is 0 Å². The van der Waals surface area contributed by atoms with Gasteiger partial charge in [-0.1, -0.05) is 12.1 Å². The van der Waals surface area contributed by atoms with Gasteiger partial charge in [-0.15, -0.1) is 0 Å². The summed E-state index contributed by atoms with van der Waals surface area (Å²) in [6, 6.07) is 4.46. The molecule has 1 aromatic carbocycles. The summed E-state index contributed by atoms with van der Waals surface area (Å²) in [6.07, 6.45) is -1.85. The molecule has 0 saturated heterocycles. The molecule has 0 saturated carbocycles. The third-order valence-corrected chi connectivity index (χ3v) is 4.64. The number of carbonyl (C=O) groups excluding carboxylic acids is 1. The first-order valence-electron chi connectivity index (χ1n) is 8.75. The lowest BCUT2D eigenvalue weighted by Gasteiger charge is -2.07. The molecular formula is C19H18F3N5O3. The van der Waals surface area contributed by atoms with Gasteiger partial charge in [0.15, 0.2) is 11.2 Å². The van der Waals surface area contributed by atoms with Gasteiger partial charge < -0.3 is 9.88 Å². The summed E-state index contributed by atoms with van der Waals surface area (Å²) in [5.41, 5.74) is -0.879. The quantitative estimate of drug-likeness (QED) is 0.644. The van der Waals surface area contributed by atoms with Gasteiger partial charge in [-0.25, -0.2) is 9.78 Å². The van der Waals surface area contributed by atoms with E-state index in [1.54, 1.807) is 7.05 Å². The highest BCUT2D eigenvalue weighted by Gasteiger charge is 2.29. The maximum atomic E-state index is 12.6. The number of imidazole rings is 1. The smallest absolute Gasteiger partial charge is 0.348 e. The molecule has 0 aliphatic carbocycles. The Hall–Kier alpha value is -3.63. The molecule has 158 valence electrons. The summed E-state index contributed by atoms with van der Waals surface area (Å²) in [5.74, 6) is -0.211. The SMILES string of the molecule is Cn1c(=O)c2c(nc(/C=C/C(=O)NCc3ccc(C(F)(F)F)cc3)n2C)n(C)c1=O. The van der Waals surface area contributed by atoms with Crippen LogP contribution in [-0.2, 0) is 38.7 Å². The van der Waals surface area contributed by atoms with Crippen molar-refractivity contribution in [3.8, 4) is 0 Å². The van der Waals surface area contributed by atoms with E-state index in [1.807, 2.05) is 0 Å². The fraction of sp³-hybridized carbons (Fsp3) is 0.263. The van der Waals surface area contributed by atoms with Crippen molar-refractivity contribution in [2.45, 2.75) is 12.7 Å². The first-order valence-corrected chi connectivity index (χ1v) is 8.75. The average Bonchev–Trinajstić information content (AvgIpc) is 3.03. The lowest BCUT2D eigenvalue weighted by Crippen LogP contribution is -2.37. The Labute approximate surface area is 167 Å². The maximum absolute atomic E-state index is 12.6. The molecule has 0 aliphatic heterocycles. The molecule has 0 bridgehead atoms. The van der Waals surface area contributed by atoms with E-state index in [0.717, 1.165) is 16.7 Å². The molecule has 3 rings (SSSR count). The van der Waals surface area contributed by atoms with Gasteiger partial charge in [0.05, 0.1) is 5.56 Å². The van der Waals surface area contributed by atoms with Crippen molar-refractivity contribution in [1.82, 2.24) is 24.0 Å². The number of aromatic nitrogens is 4. The monoisotopic (exact) mass is 421 g/mol. The van der Waals surface area contributed by atoms with Crippen LogP contribution in [0.25, 0.3) is 17.2 Å². The number of fused-ring (bicyclic) bond motifs is 1. The van der Waals surface area contributed by atoms with E-state index in [2.05, 4.69) is 10.3 Å². The number of carbonyl (C=O) groups is 1. The molecule has 2 heterocycles. The second-order valence-electron chi connectivity index (χ2n) is 6.65. The molecule has 1 N–H and O–H groups in total. The summed E-state index contributed by atoms with van der Waals surface area (Å²) < 4.78 is 41.4. The normalized spacial score (nSPS) is 12.1. The van der Waals surface area contributed by atoms with Crippen LogP contribution >= 0.6 is 0 Å². The van der Waals surface area contributed by atoms with Crippen molar-refractivity contribution in [2.75, 3.05) is 0 Å². The van der Waals surface area contributed by atoms with Crippen LogP contribution < -0.4 is 16.6 Å². The summed E-state index contributed by atoms with van der Waals surface area (Å²) in [4.78, 5) is 40.6. The Morgan fingerprint density at radius 3 is 2.30 bits per heavy atom. The average molecular weight is 421 g/mol. The Kier molecular flexibility index (Phi) is 5.38. The zero-order valence-corrected chi connectivity index (χ0v) is 16.3. The van der Waals surface area contributed by atoms with Crippen LogP contribution in [0, 0.1) is 0 Å². The number of nitrogens with zero attached hydrogens (tertiary/aromatic N) is 4. The van der Waals surface area contributed by atoms with Crippen molar-refractivity contribution in [3.63, 3.8) is 0 Å². The van der Waals surface area contributed by atoms with E-state index in [0.29, 0.717) is 5.56 Å². The number of aryl methyl sites for hydroxylation is 2. The molecule has 0 fully saturated rings. The molecule has 1 amide bonds. The van der Waals surface area contributed by atoms with E-state index >= 15 is 0 Å². The Balaban J connectivity index is 1.75. The molecule has 0 aliphatic rings. The number of halogens is 3. The standard InChI is InChI=1S/C19H18F3N5O3/c1-25-13(24-16-15(25)17(29)27(3)18(30)26(16)2)8-9-14(28)23-10-11-4-6-12(7-5-11)19(20,21)22/h4-9H,10H2,1-3H3,(H,23,28)/b9-8+. The number of rotatable bonds is 4. The minimum absolute atomic E-state index is 0.0406. The lowest BCUT2D eigenvalue weighted by atomic mass is 10.1. The molecule has 0 spiro atoms. The minimum atomic E-state index is -4.42. The zero-order chi connectivity index (χ0) is 22.2. The summed E-state index contributed by atoms with van der Waals surface area (Å²) in [6.45, 7) is 0.0406. The van der Waals surface area contributed by atoms with Gasteiger partial charge in [-0.05, 0) is 23.8 Å². The van der Waals surface area contributed by atoms with Gasteiger partial charge in [-0.2, -0.15) is 13.2 Å². The highest BCUT2D eigenvalue weighted by Crippen LogP contribution is 2.29. The highest BCUT2D eigenvalue weighted by atomic mass is 19.4. The lowest BCUT2D eigenvalue weighted by molar-refractivity contribution is -0.137. The van der Waals surface area contributed by atoms with E-state index in [4.69, 9.17) is 0 Å². The molecule has 8 nitrogen and oxygen atoms in total. The fourth-order valence-electron chi connectivity index (χ4n) is 2.89. The van der Waals surface area contributed by atoms with Crippen molar-refractivity contribution < 1.29 is 18.0 Å². The number of hydrogen-bond donors (Lipinski definition) is 1. The van der Waals surface area contributed by atoms with Crippen LogP contribution in [-0.4, -0.2) is 24.6 Å². The predicted molar refractivity (Wildman–Crippen MR) is 104 cm³/mol. The molecule has 30 heavy (non-hydrogen) atoms. The van der Waals surface area contributed by atoms with E-state index in [-0.39, 0.29) is 23.5 Å². The minimum Gasteiger partial charge on any atom is -0.348 e. The summed E-state index contributed by atoms with van der Waals surface area (Å²) >= 11 is 0. The van der Waals surface area contributed by atoms with Gasteiger partial charge in [0.2, 0.25) is 5.91 Å². The number of amides is 1. The molecule has 2 aromatic heterocycles. The maximum Gasteiger partial charge on any atom is 0.416 e.